The summed E-state index contributed by atoms with van der Waals surface area (Å²) in [7, 11) is 0. The molecule has 2 aromatic rings. The minimum Gasteiger partial charge on any atom is -0.348 e. The summed E-state index contributed by atoms with van der Waals surface area (Å²) in [5.41, 5.74) is 1.62. The molecule has 8 nitrogen and oxygen atoms in total. The van der Waals surface area contributed by atoms with Crippen molar-refractivity contribution in [3.05, 3.63) is 42.1 Å². The maximum absolute atomic E-state index is 12.0. The van der Waals surface area contributed by atoms with E-state index in [1.54, 1.807) is 12.4 Å². The Labute approximate surface area is 113 Å². The molecule has 0 unspecified atom stereocenters. The number of H-pyrrole nitrogens is 2. The minimum atomic E-state index is -0.609. The number of rotatable bonds is 3. The summed E-state index contributed by atoms with van der Waals surface area (Å²) in [5, 5.41) is 5.26. The molecule has 20 heavy (non-hydrogen) atoms. The van der Waals surface area contributed by atoms with E-state index in [2.05, 4.69) is 30.6 Å². The Hall–Kier alpha value is -2.90. The van der Waals surface area contributed by atoms with Crippen molar-refractivity contribution in [1.82, 2.24) is 30.6 Å². The number of piperazine rings is 1. The van der Waals surface area contributed by atoms with Gasteiger partial charge in [-0.05, 0) is 6.08 Å². The molecule has 0 saturated carbocycles. The van der Waals surface area contributed by atoms with Crippen LogP contribution in [0.5, 0.6) is 0 Å². The fourth-order valence-corrected chi connectivity index (χ4v) is 1.94. The summed E-state index contributed by atoms with van der Waals surface area (Å²) in [6.45, 7) is 0. The first kappa shape index (κ1) is 12.2. The van der Waals surface area contributed by atoms with Crippen molar-refractivity contribution in [2.75, 3.05) is 0 Å². The van der Waals surface area contributed by atoms with E-state index in [0.29, 0.717) is 12.1 Å². The second-order valence-electron chi connectivity index (χ2n) is 4.36. The third-order valence-corrected chi connectivity index (χ3v) is 2.92. The van der Waals surface area contributed by atoms with Crippen molar-refractivity contribution in [3.8, 4) is 0 Å². The van der Waals surface area contributed by atoms with Gasteiger partial charge >= 0.3 is 0 Å². The summed E-state index contributed by atoms with van der Waals surface area (Å²) in [6, 6.07) is -0.609. The Morgan fingerprint density at radius 1 is 1.15 bits per heavy atom. The fourth-order valence-electron chi connectivity index (χ4n) is 1.94. The number of carbonyl (C=O) groups is 2. The molecule has 3 heterocycles. The van der Waals surface area contributed by atoms with E-state index in [1.807, 2.05) is 0 Å². The zero-order valence-electron chi connectivity index (χ0n) is 10.4. The molecule has 4 N–H and O–H groups in total. The molecule has 2 amide bonds. The van der Waals surface area contributed by atoms with E-state index in [4.69, 9.17) is 0 Å². The molecule has 0 aromatic carbocycles. The van der Waals surface area contributed by atoms with Gasteiger partial charge < -0.3 is 20.6 Å². The standard InChI is InChI=1S/C12H12N6O2/c19-11-9(1-7-3-13-5-15-7)17-12(20)10(18-11)2-8-4-14-6-16-8/h1,3-6,10H,2H2,(H,13,15)(H,14,16)(H,17,20)(H,18,19)/b9-1+/t10-/m0/s1. The lowest BCUT2D eigenvalue weighted by Crippen LogP contribution is -2.55. The Balaban J connectivity index is 1.73. The van der Waals surface area contributed by atoms with Crippen molar-refractivity contribution in [2.45, 2.75) is 12.5 Å². The molecular formula is C12H12N6O2. The van der Waals surface area contributed by atoms with Gasteiger partial charge in [-0.3, -0.25) is 9.59 Å². The van der Waals surface area contributed by atoms with Crippen molar-refractivity contribution in [2.24, 2.45) is 0 Å². The molecule has 0 spiro atoms. The van der Waals surface area contributed by atoms with Crippen LogP contribution in [0.3, 0.4) is 0 Å². The van der Waals surface area contributed by atoms with Gasteiger partial charge in [0.2, 0.25) is 5.91 Å². The molecule has 0 radical (unpaired) electrons. The minimum absolute atomic E-state index is 0.195. The van der Waals surface area contributed by atoms with Crippen LogP contribution in [0, 0.1) is 0 Å². The number of hydrogen-bond donors (Lipinski definition) is 4. The topological polar surface area (TPSA) is 116 Å². The predicted molar refractivity (Wildman–Crippen MR) is 68.9 cm³/mol. The molecule has 3 rings (SSSR count). The average molecular weight is 272 g/mol. The van der Waals surface area contributed by atoms with E-state index in [1.165, 1.54) is 18.7 Å². The van der Waals surface area contributed by atoms with Gasteiger partial charge in [-0.2, -0.15) is 0 Å². The van der Waals surface area contributed by atoms with Crippen LogP contribution in [0.1, 0.15) is 11.4 Å². The Morgan fingerprint density at radius 2 is 1.95 bits per heavy atom. The van der Waals surface area contributed by atoms with E-state index in [-0.39, 0.29) is 17.5 Å². The van der Waals surface area contributed by atoms with Crippen molar-refractivity contribution in [1.29, 1.82) is 0 Å². The highest BCUT2D eigenvalue weighted by Crippen LogP contribution is 2.08. The molecule has 1 aliphatic rings. The van der Waals surface area contributed by atoms with Gasteiger partial charge in [-0.15, -0.1) is 0 Å². The highest BCUT2D eigenvalue weighted by atomic mass is 16.2. The monoisotopic (exact) mass is 272 g/mol. The number of nitrogens with one attached hydrogen (secondary N) is 4. The Bertz CT molecular complexity index is 644. The molecule has 8 heteroatoms. The number of hydrogen-bond acceptors (Lipinski definition) is 4. The predicted octanol–water partition coefficient (Wildman–Crippen LogP) is -0.669. The first-order valence-electron chi connectivity index (χ1n) is 6.01. The maximum Gasteiger partial charge on any atom is 0.268 e. The molecule has 2 aromatic heterocycles. The first-order chi connectivity index (χ1) is 9.72. The fraction of sp³-hybridized carbons (Fsp3) is 0.167. The van der Waals surface area contributed by atoms with Crippen LogP contribution < -0.4 is 10.6 Å². The van der Waals surface area contributed by atoms with Gasteiger partial charge in [0.1, 0.15) is 11.7 Å². The van der Waals surface area contributed by atoms with Gasteiger partial charge in [0.05, 0.1) is 24.5 Å². The van der Waals surface area contributed by atoms with E-state index >= 15 is 0 Å². The summed E-state index contributed by atoms with van der Waals surface area (Å²) in [6.07, 6.45) is 8.11. The molecule has 0 aliphatic carbocycles. The zero-order valence-corrected chi connectivity index (χ0v) is 10.4. The van der Waals surface area contributed by atoms with Gasteiger partial charge in [0, 0.05) is 18.3 Å². The van der Waals surface area contributed by atoms with E-state index < -0.39 is 6.04 Å². The van der Waals surface area contributed by atoms with Crippen molar-refractivity contribution in [3.63, 3.8) is 0 Å². The second-order valence-corrected chi connectivity index (χ2v) is 4.36. The highest BCUT2D eigenvalue weighted by molar-refractivity contribution is 6.07. The number of aromatic amines is 2. The van der Waals surface area contributed by atoms with Gasteiger partial charge in [0.15, 0.2) is 0 Å². The number of imidazole rings is 2. The van der Waals surface area contributed by atoms with Crippen LogP contribution in [-0.2, 0) is 16.0 Å². The molecular weight excluding hydrogens is 260 g/mol. The lowest BCUT2D eigenvalue weighted by atomic mass is 10.1. The van der Waals surface area contributed by atoms with Crippen LogP contribution in [-0.4, -0.2) is 37.8 Å². The quantitative estimate of drug-likeness (QED) is 0.554. The number of amides is 2. The Morgan fingerprint density at radius 3 is 2.65 bits per heavy atom. The first-order valence-corrected chi connectivity index (χ1v) is 6.01. The molecule has 1 fully saturated rings. The van der Waals surface area contributed by atoms with Crippen molar-refractivity contribution >= 4 is 17.9 Å². The van der Waals surface area contributed by atoms with Crippen LogP contribution in [0.4, 0.5) is 0 Å². The van der Waals surface area contributed by atoms with Gasteiger partial charge in [-0.25, -0.2) is 9.97 Å². The summed E-state index contributed by atoms with van der Waals surface area (Å²) < 4.78 is 0. The second kappa shape index (κ2) is 5.00. The molecule has 102 valence electrons. The summed E-state index contributed by atoms with van der Waals surface area (Å²) >= 11 is 0. The molecule has 1 aliphatic heterocycles. The van der Waals surface area contributed by atoms with Gasteiger partial charge in [0.25, 0.3) is 5.91 Å². The van der Waals surface area contributed by atoms with E-state index in [0.717, 1.165) is 5.69 Å². The smallest absolute Gasteiger partial charge is 0.268 e. The summed E-state index contributed by atoms with van der Waals surface area (Å²) in [4.78, 5) is 37.4. The van der Waals surface area contributed by atoms with Crippen LogP contribution in [0.15, 0.2) is 30.7 Å². The van der Waals surface area contributed by atoms with Crippen LogP contribution >= 0.6 is 0 Å². The van der Waals surface area contributed by atoms with Gasteiger partial charge in [-0.1, -0.05) is 0 Å². The van der Waals surface area contributed by atoms with E-state index in [9.17, 15) is 9.59 Å². The lowest BCUT2D eigenvalue weighted by molar-refractivity contribution is -0.131. The van der Waals surface area contributed by atoms with Crippen LogP contribution in [0.2, 0.25) is 0 Å². The average Bonchev–Trinajstić information content (AvgIpc) is 3.08. The molecule has 1 atom stereocenters. The number of aromatic nitrogens is 4. The molecule has 0 bridgehead atoms. The normalized spacial score (nSPS) is 20.8. The highest BCUT2D eigenvalue weighted by Gasteiger charge is 2.30. The SMILES string of the molecule is O=C1N[C@@H](Cc2cnc[nH]2)C(=O)N/C1=C/c1cnc[nH]1. The third kappa shape index (κ3) is 2.44. The van der Waals surface area contributed by atoms with Crippen LogP contribution in [0.25, 0.3) is 6.08 Å². The lowest BCUT2D eigenvalue weighted by Gasteiger charge is -2.24. The third-order valence-electron chi connectivity index (χ3n) is 2.92. The summed E-state index contributed by atoms with van der Waals surface area (Å²) in [5.74, 6) is -0.589. The number of nitrogens with zero attached hydrogens (tertiary/aromatic N) is 2. The molecule has 1 saturated heterocycles. The maximum atomic E-state index is 12.0. The van der Waals surface area contributed by atoms with Crippen molar-refractivity contribution < 1.29 is 9.59 Å². The zero-order chi connectivity index (χ0) is 13.9. The largest absolute Gasteiger partial charge is 0.348 e. The Kier molecular flexibility index (Phi) is 3.04. The number of carbonyl (C=O) groups excluding carboxylic acids is 2.